The van der Waals surface area contributed by atoms with Gasteiger partial charge in [-0.05, 0) is 28.6 Å². The van der Waals surface area contributed by atoms with Gasteiger partial charge in [-0.2, -0.15) is 0 Å². The first-order chi connectivity index (χ1) is 23.8. The molecule has 0 saturated carbocycles. The number of aromatic nitrogens is 3. The van der Waals surface area contributed by atoms with Crippen LogP contribution in [0.3, 0.4) is 0 Å². The number of hydrogen-bond donors (Lipinski definition) is 0. The number of furan rings is 2. The van der Waals surface area contributed by atoms with Gasteiger partial charge < -0.3 is 8.83 Å². The highest BCUT2D eigenvalue weighted by atomic mass is 16.3. The molecule has 0 atom stereocenters. The molecule has 0 unspecified atom stereocenters. The van der Waals surface area contributed by atoms with Gasteiger partial charge in [-0.1, -0.05) is 140 Å². The lowest BCUT2D eigenvalue weighted by Gasteiger charge is -2.10. The Morgan fingerprint density at radius 2 is 0.833 bits per heavy atom. The molecule has 0 spiro atoms. The van der Waals surface area contributed by atoms with Gasteiger partial charge in [-0.3, -0.25) is 0 Å². The standard InChI is InChI=1S/C43H25N3O2/c1-3-12-26(13-4-1)27-22-24-29(25-23-27)42-44-41(28-14-5-2-6-15-28)45-43(46-42)33-19-11-21-35-36(33)37-30-16-7-8-17-31(30)39-38(40(37)48-35)32-18-9-10-20-34(32)47-39/h1-25H. The first-order valence-corrected chi connectivity index (χ1v) is 15.9. The lowest BCUT2D eigenvalue weighted by molar-refractivity contribution is 0.665. The summed E-state index contributed by atoms with van der Waals surface area (Å²) in [5, 5.41) is 6.07. The summed E-state index contributed by atoms with van der Waals surface area (Å²) in [4.78, 5) is 15.2. The normalized spacial score (nSPS) is 11.8. The molecule has 5 heteroatoms. The fourth-order valence-corrected chi connectivity index (χ4v) is 6.91. The van der Waals surface area contributed by atoms with E-state index in [0.717, 1.165) is 82.5 Å². The van der Waals surface area contributed by atoms with Crippen LogP contribution in [0.5, 0.6) is 0 Å². The van der Waals surface area contributed by atoms with Crippen LogP contribution < -0.4 is 0 Å². The minimum absolute atomic E-state index is 0.584. The molecule has 0 amide bonds. The Bertz CT molecular complexity index is 2820. The molecule has 224 valence electrons. The molecule has 10 rings (SSSR count). The van der Waals surface area contributed by atoms with Crippen LogP contribution in [0.4, 0.5) is 0 Å². The SMILES string of the molecule is c1ccc(-c2ccc(-c3nc(-c4ccccc4)nc(-c4cccc5oc6c7c8ccccc8oc7c7ccccc7c6c45)n3)cc2)cc1. The van der Waals surface area contributed by atoms with Crippen LogP contribution >= 0.6 is 0 Å². The number of hydrogen-bond acceptors (Lipinski definition) is 5. The third-order valence-corrected chi connectivity index (χ3v) is 9.14. The first-order valence-electron chi connectivity index (χ1n) is 15.9. The fourth-order valence-electron chi connectivity index (χ4n) is 6.91. The fraction of sp³-hybridized carbons (Fsp3) is 0. The van der Waals surface area contributed by atoms with Gasteiger partial charge in [0, 0.05) is 38.2 Å². The Hall–Kier alpha value is -6.59. The maximum absolute atomic E-state index is 6.76. The molecule has 3 heterocycles. The zero-order chi connectivity index (χ0) is 31.6. The molecule has 0 aliphatic heterocycles. The van der Waals surface area contributed by atoms with Crippen molar-refractivity contribution in [2.45, 2.75) is 0 Å². The van der Waals surface area contributed by atoms with Crippen LogP contribution in [-0.2, 0) is 0 Å². The Kier molecular flexibility index (Phi) is 5.81. The molecule has 0 radical (unpaired) electrons. The van der Waals surface area contributed by atoms with Gasteiger partial charge in [-0.25, -0.2) is 15.0 Å². The lowest BCUT2D eigenvalue weighted by atomic mass is 9.97. The van der Waals surface area contributed by atoms with E-state index in [1.165, 1.54) is 0 Å². The summed E-state index contributed by atoms with van der Waals surface area (Å²) < 4.78 is 13.2. The average Bonchev–Trinajstić information content (AvgIpc) is 3.75. The first kappa shape index (κ1) is 26.6. The van der Waals surface area contributed by atoms with Crippen LogP contribution in [0.2, 0.25) is 0 Å². The monoisotopic (exact) mass is 615 g/mol. The van der Waals surface area contributed by atoms with Gasteiger partial charge in [0.05, 0.1) is 5.39 Å². The van der Waals surface area contributed by atoms with E-state index < -0.39 is 0 Å². The molecular formula is C43H25N3O2. The molecule has 0 aliphatic rings. The molecule has 7 aromatic carbocycles. The number of rotatable bonds is 4. The third-order valence-electron chi connectivity index (χ3n) is 9.14. The summed E-state index contributed by atoms with van der Waals surface area (Å²) >= 11 is 0. The minimum atomic E-state index is 0.584. The zero-order valence-corrected chi connectivity index (χ0v) is 25.6. The van der Waals surface area contributed by atoms with Crippen LogP contribution in [0.1, 0.15) is 0 Å². The van der Waals surface area contributed by atoms with Gasteiger partial charge in [-0.15, -0.1) is 0 Å². The Morgan fingerprint density at radius 3 is 1.58 bits per heavy atom. The number of para-hydroxylation sites is 1. The van der Waals surface area contributed by atoms with Crippen molar-refractivity contribution in [2.24, 2.45) is 0 Å². The summed E-state index contributed by atoms with van der Waals surface area (Å²) in [6, 6.07) is 51.4. The second-order valence-electron chi connectivity index (χ2n) is 11.9. The second-order valence-corrected chi connectivity index (χ2v) is 11.9. The predicted octanol–water partition coefficient (Wildman–Crippen LogP) is 11.5. The van der Waals surface area contributed by atoms with E-state index in [4.69, 9.17) is 23.8 Å². The van der Waals surface area contributed by atoms with Crippen molar-refractivity contribution in [3.8, 4) is 45.3 Å². The van der Waals surface area contributed by atoms with Crippen molar-refractivity contribution in [1.29, 1.82) is 0 Å². The molecule has 0 saturated heterocycles. The molecule has 5 nitrogen and oxygen atoms in total. The van der Waals surface area contributed by atoms with E-state index >= 15 is 0 Å². The van der Waals surface area contributed by atoms with Gasteiger partial charge in [0.25, 0.3) is 0 Å². The maximum Gasteiger partial charge on any atom is 0.164 e. The Morgan fingerprint density at radius 1 is 0.312 bits per heavy atom. The lowest BCUT2D eigenvalue weighted by Crippen LogP contribution is -2.00. The van der Waals surface area contributed by atoms with Gasteiger partial charge in [0.1, 0.15) is 22.3 Å². The Balaban J connectivity index is 1.26. The van der Waals surface area contributed by atoms with Crippen molar-refractivity contribution < 1.29 is 8.83 Å². The molecule has 0 fully saturated rings. The van der Waals surface area contributed by atoms with Gasteiger partial charge >= 0.3 is 0 Å². The highest BCUT2D eigenvalue weighted by Gasteiger charge is 2.24. The average molecular weight is 616 g/mol. The Labute approximate surface area is 274 Å². The van der Waals surface area contributed by atoms with Crippen LogP contribution in [-0.4, -0.2) is 15.0 Å². The summed E-state index contributed by atoms with van der Waals surface area (Å²) in [5.74, 6) is 1.80. The molecule has 0 N–H and O–H groups in total. The van der Waals surface area contributed by atoms with Gasteiger partial charge in [0.15, 0.2) is 17.5 Å². The van der Waals surface area contributed by atoms with E-state index in [9.17, 15) is 0 Å². The predicted molar refractivity (Wildman–Crippen MR) is 194 cm³/mol. The zero-order valence-electron chi connectivity index (χ0n) is 25.6. The van der Waals surface area contributed by atoms with Crippen molar-refractivity contribution in [3.63, 3.8) is 0 Å². The highest BCUT2D eigenvalue weighted by molar-refractivity contribution is 6.34. The van der Waals surface area contributed by atoms with E-state index in [0.29, 0.717) is 17.5 Å². The molecule has 0 bridgehead atoms. The van der Waals surface area contributed by atoms with E-state index in [-0.39, 0.29) is 0 Å². The largest absolute Gasteiger partial charge is 0.455 e. The number of nitrogens with zero attached hydrogens (tertiary/aromatic N) is 3. The molecule has 0 aliphatic carbocycles. The minimum Gasteiger partial charge on any atom is -0.455 e. The molecule has 48 heavy (non-hydrogen) atoms. The van der Waals surface area contributed by atoms with E-state index in [1.807, 2.05) is 66.7 Å². The van der Waals surface area contributed by atoms with Crippen LogP contribution in [0, 0.1) is 0 Å². The van der Waals surface area contributed by atoms with Crippen molar-refractivity contribution in [1.82, 2.24) is 15.0 Å². The van der Waals surface area contributed by atoms with E-state index in [1.54, 1.807) is 0 Å². The van der Waals surface area contributed by atoms with Crippen molar-refractivity contribution in [2.75, 3.05) is 0 Å². The second kappa shape index (κ2) is 10.5. The molecular weight excluding hydrogens is 590 g/mol. The molecule has 3 aromatic heterocycles. The van der Waals surface area contributed by atoms with Gasteiger partial charge in [0.2, 0.25) is 0 Å². The number of fused-ring (bicyclic) bond motifs is 10. The van der Waals surface area contributed by atoms with Crippen LogP contribution in [0.25, 0.3) is 99.9 Å². The topological polar surface area (TPSA) is 65.0 Å². The van der Waals surface area contributed by atoms with E-state index in [2.05, 4.69) is 84.9 Å². The summed E-state index contributed by atoms with van der Waals surface area (Å²) in [7, 11) is 0. The van der Waals surface area contributed by atoms with Crippen molar-refractivity contribution in [3.05, 3.63) is 152 Å². The smallest absolute Gasteiger partial charge is 0.164 e. The summed E-state index contributed by atoms with van der Waals surface area (Å²) in [5.41, 5.74) is 8.23. The molecule has 10 aromatic rings. The quantitative estimate of drug-likeness (QED) is 0.197. The highest BCUT2D eigenvalue weighted by Crippen LogP contribution is 2.46. The summed E-state index contributed by atoms with van der Waals surface area (Å²) in [6.45, 7) is 0. The third kappa shape index (κ3) is 4.08. The maximum atomic E-state index is 6.76. The van der Waals surface area contributed by atoms with Crippen molar-refractivity contribution >= 4 is 54.6 Å². The summed E-state index contributed by atoms with van der Waals surface area (Å²) in [6.07, 6.45) is 0. The van der Waals surface area contributed by atoms with Crippen LogP contribution in [0.15, 0.2) is 160 Å². The number of benzene rings is 7.